The Morgan fingerprint density at radius 1 is 1.21 bits per heavy atom. The third-order valence-corrected chi connectivity index (χ3v) is 4.42. The van der Waals surface area contributed by atoms with E-state index in [-0.39, 0.29) is 18.5 Å². The fourth-order valence-electron chi connectivity index (χ4n) is 2.99. The Labute approximate surface area is 139 Å². The van der Waals surface area contributed by atoms with Gasteiger partial charge in [0.2, 0.25) is 0 Å². The third-order valence-electron chi connectivity index (χ3n) is 4.42. The highest BCUT2D eigenvalue weighted by atomic mass is 16.6. The molecule has 1 aromatic carbocycles. The van der Waals surface area contributed by atoms with Crippen molar-refractivity contribution >= 4 is 5.91 Å². The molecule has 1 unspecified atom stereocenters. The Kier molecular flexibility index (Phi) is 3.90. The molecule has 24 heavy (non-hydrogen) atoms. The molecule has 1 aromatic heterocycles. The van der Waals surface area contributed by atoms with E-state index in [1.54, 1.807) is 6.07 Å². The first-order valence-electron chi connectivity index (χ1n) is 8.22. The summed E-state index contributed by atoms with van der Waals surface area (Å²) in [6.07, 6.45) is 3.67. The molecule has 1 atom stereocenters. The summed E-state index contributed by atoms with van der Waals surface area (Å²) in [5.74, 6) is 2.41. The van der Waals surface area contributed by atoms with E-state index in [0.717, 1.165) is 29.9 Å². The molecule has 0 saturated heterocycles. The Morgan fingerprint density at radius 3 is 2.71 bits per heavy atom. The Balaban J connectivity index is 1.55. The zero-order valence-electron chi connectivity index (χ0n) is 13.3. The van der Waals surface area contributed by atoms with E-state index in [9.17, 15) is 4.79 Å². The first-order chi connectivity index (χ1) is 11.7. The second-order valence-electron chi connectivity index (χ2n) is 6.20. The topological polar surface area (TPSA) is 86.7 Å². The van der Waals surface area contributed by atoms with Gasteiger partial charge in [0.05, 0.1) is 18.2 Å². The van der Waals surface area contributed by atoms with Crippen LogP contribution in [0.2, 0.25) is 0 Å². The molecule has 1 amide bonds. The molecule has 2 aliphatic rings. The van der Waals surface area contributed by atoms with Crippen molar-refractivity contribution in [2.75, 3.05) is 13.2 Å². The van der Waals surface area contributed by atoms with Gasteiger partial charge in [0, 0.05) is 0 Å². The van der Waals surface area contributed by atoms with Crippen molar-refractivity contribution in [3.63, 3.8) is 0 Å². The molecule has 2 heterocycles. The highest BCUT2D eigenvalue weighted by Crippen LogP contribution is 2.43. The van der Waals surface area contributed by atoms with Gasteiger partial charge in [-0.3, -0.25) is 4.79 Å². The molecule has 0 spiro atoms. The zero-order chi connectivity index (χ0) is 16.5. The molecule has 1 saturated carbocycles. The lowest BCUT2D eigenvalue weighted by atomic mass is 10.0. The lowest BCUT2D eigenvalue weighted by molar-refractivity contribution is 0.0931. The van der Waals surface area contributed by atoms with Gasteiger partial charge in [0.25, 0.3) is 5.91 Å². The van der Waals surface area contributed by atoms with Gasteiger partial charge < -0.3 is 24.9 Å². The predicted molar refractivity (Wildman–Crippen MR) is 87.0 cm³/mol. The van der Waals surface area contributed by atoms with E-state index in [0.29, 0.717) is 30.5 Å². The van der Waals surface area contributed by atoms with Crippen molar-refractivity contribution in [1.29, 1.82) is 0 Å². The number of hydrogen-bond donors (Lipinski definition) is 2. The maximum absolute atomic E-state index is 12.5. The summed E-state index contributed by atoms with van der Waals surface area (Å²) < 4.78 is 16.5. The fourth-order valence-corrected chi connectivity index (χ4v) is 2.99. The van der Waals surface area contributed by atoms with Crippen LogP contribution in [0.3, 0.4) is 0 Å². The largest absolute Gasteiger partial charge is 0.486 e. The van der Waals surface area contributed by atoms with Crippen LogP contribution in [-0.4, -0.2) is 19.1 Å². The number of furan rings is 1. The number of carbonyl (C=O) groups excluding carboxylic acids is 1. The monoisotopic (exact) mass is 328 g/mol. The minimum absolute atomic E-state index is 0.0375. The maximum Gasteiger partial charge on any atom is 0.255 e. The number of nitrogens with one attached hydrogen (secondary N) is 1. The van der Waals surface area contributed by atoms with Crippen LogP contribution in [0, 0.1) is 5.92 Å². The van der Waals surface area contributed by atoms with Gasteiger partial charge in [-0.2, -0.15) is 0 Å². The van der Waals surface area contributed by atoms with Crippen LogP contribution in [0.5, 0.6) is 11.5 Å². The van der Waals surface area contributed by atoms with Gasteiger partial charge in [-0.25, -0.2) is 0 Å². The molecule has 1 aliphatic carbocycles. The van der Waals surface area contributed by atoms with Crippen LogP contribution in [0.25, 0.3) is 0 Å². The maximum atomic E-state index is 12.5. The Bertz CT molecular complexity index is 751. The average Bonchev–Trinajstić information content (AvgIpc) is 3.34. The summed E-state index contributed by atoms with van der Waals surface area (Å²) in [5, 5.41) is 3.12. The first kappa shape index (κ1) is 15.1. The van der Waals surface area contributed by atoms with Crippen molar-refractivity contribution in [3.8, 4) is 11.5 Å². The minimum Gasteiger partial charge on any atom is -0.486 e. The molecule has 2 aromatic rings. The normalized spacial score (nSPS) is 17.4. The number of hydrogen-bond acceptors (Lipinski definition) is 5. The van der Waals surface area contributed by atoms with Crippen LogP contribution >= 0.6 is 0 Å². The third kappa shape index (κ3) is 2.97. The highest BCUT2D eigenvalue weighted by Gasteiger charge is 2.34. The lowest BCUT2D eigenvalue weighted by Crippen LogP contribution is -2.29. The summed E-state index contributed by atoms with van der Waals surface area (Å²) in [5.41, 5.74) is 7.07. The summed E-state index contributed by atoms with van der Waals surface area (Å²) >= 11 is 0. The number of amides is 1. The van der Waals surface area contributed by atoms with Crippen LogP contribution in [0.1, 0.15) is 40.6 Å². The number of ether oxygens (including phenoxy) is 2. The molecule has 0 radical (unpaired) electrons. The van der Waals surface area contributed by atoms with E-state index in [2.05, 4.69) is 5.32 Å². The van der Waals surface area contributed by atoms with E-state index in [4.69, 9.17) is 19.6 Å². The van der Waals surface area contributed by atoms with Crippen molar-refractivity contribution in [3.05, 3.63) is 47.4 Å². The van der Waals surface area contributed by atoms with Gasteiger partial charge in [-0.1, -0.05) is 6.07 Å². The van der Waals surface area contributed by atoms with E-state index in [1.165, 1.54) is 6.26 Å². The molecule has 4 rings (SSSR count). The highest BCUT2D eigenvalue weighted by molar-refractivity contribution is 5.94. The number of benzene rings is 1. The van der Waals surface area contributed by atoms with Gasteiger partial charge >= 0.3 is 0 Å². The molecule has 6 nitrogen and oxygen atoms in total. The van der Waals surface area contributed by atoms with Crippen LogP contribution in [-0.2, 0) is 6.54 Å². The second kappa shape index (κ2) is 6.20. The van der Waals surface area contributed by atoms with Crippen molar-refractivity contribution in [2.24, 2.45) is 11.7 Å². The van der Waals surface area contributed by atoms with Gasteiger partial charge in [0.1, 0.15) is 25.2 Å². The van der Waals surface area contributed by atoms with Crippen molar-refractivity contribution < 1.29 is 18.7 Å². The predicted octanol–water partition coefficient (Wildman–Crippen LogP) is 2.39. The number of nitrogens with two attached hydrogens (primary N) is 1. The molecule has 1 aliphatic heterocycles. The molecule has 3 N–H and O–H groups in total. The van der Waals surface area contributed by atoms with Gasteiger partial charge in [-0.05, 0) is 42.5 Å². The van der Waals surface area contributed by atoms with Gasteiger partial charge in [0.15, 0.2) is 11.5 Å². The molecule has 0 bridgehead atoms. The smallest absolute Gasteiger partial charge is 0.255 e. The second-order valence-corrected chi connectivity index (χ2v) is 6.20. The SMILES string of the molecule is NCc1cc(C(=O)NC(c2ccc3c(c2)OCCO3)C2CC2)co1. The fraction of sp³-hybridized carbons (Fsp3) is 0.389. The molecule has 6 heteroatoms. The molecular weight excluding hydrogens is 308 g/mol. The summed E-state index contributed by atoms with van der Waals surface area (Å²) in [7, 11) is 0. The zero-order valence-corrected chi connectivity index (χ0v) is 13.3. The lowest BCUT2D eigenvalue weighted by Gasteiger charge is -2.23. The number of fused-ring (bicyclic) bond motifs is 1. The summed E-state index contributed by atoms with van der Waals surface area (Å²) in [6, 6.07) is 7.53. The average molecular weight is 328 g/mol. The van der Waals surface area contributed by atoms with Crippen LogP contribution in [0.4, 0.5) is 0 Å². The standard InChI is InChI=1S/C18H20N2O4/c19-9-14-7-13(10-24-14)18(21)20-17(11-1-2-11)12-3-4-15-16(8-12)23-6-5-22-15/h3-4,7-8,10-11,17H,1-2,5-6,9,19H2,(H,20,21). The number of carbonyl (C=O) groups is 1. The minimum atomic E-state index is -0.148. The molecule has 126 valence electrons. The Morgan fingerprint density at radius 2 is 2.00 bits per heavy atom. The van der Waals surface area contributed by atoms with Gasteiger partial charge in [-0.15, -0.1) is 0 Å². The first-order valence-corrected chi connectivity index (χ1v) is 8.22. The summed E-state index contributed by atoms with van der Waals surface area (Å²) in [4.78, 5) is 12.5. The molecule has 1 fully saturated rings. The van der Waals surface area contributed by atoms with E-state index >= 15 is 0 Å². The van der Waals surface area contributed by atoms with Crippen molar-refractivity contribution in [1.82, 2.24) is 5.32 Å². The van der Waals surface area contributed by atoms with E-state index < -0.39 is 0 Å². The van der Waals surface area contributed by atoms with Crippen LogP contribution < -0.4 is 20.5 Å². The van der Waals surface area contributed by atoms with E-state index in [1.807, 2.05) is 18.2 Å². The number of rotatable bonds is 5. The Hall–Kier alpha value is -2.47. The summed E-state index contributed by atoms with van der Waals surface area (Å²) in [6.45, 7) is 1.40. The van der Waals surface area contributed by atoms with Crippen molar-refractivity contribution in [2.45, 2.75) is 25.4 Å². The van der Waals surface area contributed by atoms with Crippen LogP contribution in [0.15, 0.2) is 34.9 Å². The quantitative estimate of drug-likeness (QED) is 0.880. The molecular formula is C18H20N2O4.